The van der Waals surface area contributed by atoms with Crippen LogP contribution >= 0.6 is 11.6 Å². The fourth-order valence-corrected chi connectivity index (χ4v) is 6.97. The number of rotatable bonds is 11. The van der Waals surface area contributed by atoms with Gasteiger partial charge in [0.2, 0.25) is 11.8 Å². The minimum atomic E-state index is -4.79. The average molecular weight is 650 g/mol. The molecule has 2 amide bonds. The van der Waals surface area contributed by atoms with E-state index in [1.807, 2.05) is 30.3 Å². The van der Waals surface area contributed by atoms with E-state index in [4.69, 9.17) is 11.6 Å². The molecule has 1 aliphatic carbocycles. The van der Waals surface area contributed by atoms with Gasteiger partial charge in [-0.2, -0.15) is 13.2 Å². The van der Waals surface area contributed by atoms with Crippen LogP contribution in [0.15, 0.2) is 83.8 Å². The SMILES string of the molecule is C[C@@H](C(=O)NC1CCCCC1)N(CCc1ccccc1)C(=O)CN(c1cc(C(F)(F)F)ccc1Cl)S(=O)(=O)c1ccccc1. The van der Waals surface area contributed by atoms with Gasteiger partial charge in [0.1, 0.15) is 12.6 Å². The first-order valence-corrected chi connectivity index (χ1v) is 16.3. The zero-order valence-corrected chi connectivity index (χ0v) is 25.8. The molecule has 1 atom stereocenters. The Morgan fingerprint density at radius 3 is 2.18 bits per heavy atom. The van der Waals surface area contributed by atoms with Crippen LogP contribution in [0.2, 0.25) is 5.02 Å². The normalized spacial score (nSPS) is 14.9. The van der Waals surface area contributed by atoms with Crippen LogP contribution in [0.5, 0.6) is 0 Å². The maximum absolute atomic E-state index is 14.0. The number of hydrogen-bond donors (Lipinski definition) is 1. The summed E-state index contributed by atoms with van der Waals surface area (Å²) in [6.07, 6.45) is 0.289. The Kier molecular flexibility index (Phi) is 11.0. The van der Waals surface area contributed by atoms with Gasteiger partial charge in [0.05, 0.1) is 21.2 Å². The van der Waals surface area contributed by atoms with E-state index in [0.717, 1.165) is 49.8 Å². The molecule has 0 aromatic heterocycles. The second-order valence-corrected chi connectivity index (χ2v) is 13.1. The summed E-state index contributed by atoms with van der Waals surface area (Å²) >= 11 is 6.30. The molecule has 1 fully saturated rings. The number of nitrogens with zero attached hydrogens (tertiary/aromatic N) is 2. The summed E-state index contributed by atoms with van der Waals surface area (Å²) in [6, 6.07) is 17.6. The zero-order valence-electron chi connectivity index (χ0n) is 24.3. The van der Waals surface area contributed by atoms with Crippen molar-refractivity contribution in [3.8, 4) is 0 Å². The topological polar surface area (TPSA) is 86.8 Å². The van der Waals surface area contributed by atoms with Crippen molar-refractivity contribution in [2.75, 3.05) is 17.4 Å². The number of anilines is 1. The summed E-state index contributed by atoms with van der Waals surface area (Å²) in [5.74, 6) is -1.15. The van der Waals surface area contributed by atoms with Gasteiger partial charge >= 0.3 is 6.18 Å². The van der Waals surface area contributed by atoms with Crippen LogP contribution in [0.3, 0.4) is 0 Å². The Morgan fingerprint density at radius 1 is 0.955 bits per heavy atom. The predicted molar refractivity (Wildman–Crippen MR) is 164 cm³/mol. The van der Waals surface area contributed by atoms with Crippen LogP contribution in [-0.2, 0) is 32.2 Å². The highest BCUT2D eigenvalue weighted by Crippen LogP contribution is 2.37. The number of carbonyl (C=O) groups is 2. The van der Waals surface area contributed by atoms with Crippen LogP contribution in [0, 0.1) is 0 Å². The van der Waals surface area contributed by atoms with Gasteiger partial charge in [0.25, 0.3) is 10.0 Å². The number of nitrogens with one attached hydrogen (secondary N) is 1. The van der Waals surface area contributed by atoms with Crippen LogP contribution < -0.4 is 9.62 Å². The van der Waals surface area contributed by atoms with E-state index in [0.29, 0.717) is 16.8 Å². The first-order chi connectivity index (χ1) is 20.9. The number of benzene rings is 3. The fraction of sp³-hybridized carbons (Fsp3) is 0.375. The molecule has 0 radical (unpaired) electrons. The van der Waals surface area contributed by atoms with Gasteiger partial charge in [-0.05, 0) is 62.1 Å². The molecule has 0 saturated heterocycles. The van der Waals surface area contributed by atoms with Crippen LogP contribution in [0.25, 0.3) is 0 Å². The van der Waals surface area contributed by atoms with Crippen molar-refractivity contribution in [1.29, 1.82) is 0 Å². The van der Waals surface area contributed by atoms with Crippen molar-refractivity contribution in [1.82, 2.24) is 10.2 Å². The molecule has 0 heterocycles. The van der Waals surface area contributed by atoms with Crippen molar-refractivity contribution in [2.45, 2.75) is 68.6 Å². The van der Waals surface area contributed by atoms with E-state index in [1.54, 1.807) is 13.0 Å². The fourth-order valence-electron chi connectivity index (χ4n) is 5.25. The summed E-state index contributed by atoms with van der Waals surface area (Å²) in [4.78, 5) is 28.4. The zero-order chi connectivity index (χ0) is 31.9. The van der Waals surface area contributed by atoms with Crippen LogP contribution in [-0.4, -0.2) is 50.3 Å². The first kappa shape index (κ1) is 33.3. The number of carbonyl (C=O) groups excluding carboxylic acids is 2. The molecule has 12 heteroatoms. The lowest BCUT2D eigenvalue weighted by Crippen LogP contribution is -2.53. The highest BCUT2D eigenvalue weighted by molar-refractivity contribution is 7.92. The Hall–Kier alpha value is -3.57. The molecule has 7 nitrogen and oxygen atoms in total. The van der Waals surface area contributed by atoms with E-state index in [1.165, 1.54) is 29.2 Å². The van der Waals surface area contributed by atoms with E-state index in [9.17, 15) is 31.2 Å². The number of hydrogen-bond acceptors (Lipinski definition) is 4. The van der Waals surface area contributed by atoms with E-state index in [2.05, 4.69) is 5.32 Å². The molecule has 1 aliphatic rings. The molecule has 0 bridgehead atoms. The maximum Gasteiger partial charge on any atom is 0.416 e. The third kappa shape index (κ3) is 8.32. The highest BCUT2D eigenvalue weighted by atomic mass is 35.5. The number of alkyl halides is 3. The Balaban J connectivity index is 1.71. The summed E-state index contributed by atoms with van der Waals surface area (Å²) in [5, 5.41) is 2.73. The van der Waals surface area contributed by atoms with Crippen molar-refractivity contribution in [3.05, 3.63) is 95.0 Å². The third-order valence-electron chi connectivity index (χ3n) is 7.76. The number of amides is 2. The first-order valence-electron chi connectivity index (χ1n) is 14.5. The van der Waals surface area contributed by atoms with E-state index in [-0.39, 0.29) is 28.4 Å². The van der Waals surface area contributed by atoms with Gasteiger partial charge in [-0.3, -0.25) is 13.9 Å². The molecule has 3 aromatic rings. The quantitative estimate of drug-likeness (QED) is 0.258. The molecular weight excluding hydrogens is 615 g/mol. The predicted octanol–water partition coefficient (Wildman–Crippen LogP) is 6.46. The lowest BCUT2D eigenvalue weighted by molar-refractivity contribution is -0.139. The van der Waals surface area contributed by atoms with E-state index >= 15 is 0 Å². The van der Waals surface area contributed by atoms with Crippen molar-refractivity contribution < 1.29 is 31.2 Å². The Bertz CT molecular complexity index is 1530. The smallest absolute Gasteiger partial charge is 0.352 e. The molecule has 4 rings (SSSR count). The molecule has 0 spiro atoms. The molecule has 44 heavy (non-hydrogen) atoms. The van der Waals surface area contributed by atoms with Crippen molar-refractivity contribution in [2.24, 2.45) is 0 Å². The average Bonchev–Trinajstić information content (AvgIpc) is 3.01. The third-order valence-corrected chi connectivity index (χ3v) is 9.85. The van der Waals surface area contributed by atoms with Gasteiger partial charge in [0.15, 0.2) is 0 Å². The standard InChI is InChI=1S/C32H35ClF3N3O4S/c1-23(31(41)37-26-13-7-3-8-14-26)38(20-19-24-11-5-2-6-12-24)30(40)22-39(44(42,43)27-15-9-4-10-16-27)29-21-25(32(34,35)36)17-18-28(29)33/h2,4-6,9-12,15-18,21,23,26H,3,7-8,13-14,19-20,22H2,1H3,(H,37,41)/t23-/m0/s1. The second-order valence-electron chi connectivity index (χ2n) is 10.8. The number of sulfonamides is 1. The maximum atomic E-state index is 14.0. The summed E-state index contributed by atoms with van der Waals surface area (Å²) in [5.41, 5.74) is -0.736. The highest BCUT2D eigenvalue weighted by Gasteiger charge is 2.36. The molecule has 1 saturated carbocycles. The monoisotopic (exact) mass is 649 g/mol. The molecule has 1 N–H and O–H groups in total. The van der Waals surface area contributed by atoms with Crippen LogP contribution in [0.1, 0.15) is 50.2 Å². The van der Waals surface area contributed by atoms with Gasteiger partial charge in [-0.1, -0.05) is 79.4 Å². The van der Waals surface area contributed by atoms with Gasteiger partial charge in [-0.25, -0.2) is 8.42 Å². The molecule has 236 valence electrons. The minimum Gasteiger partial charge on any atom is -0.352 e. The van der Waals surface area contributed by atoms with Crippen molar-refractivity contribution in [3.63, 3.8) is 0 Å². The lowest BCUT2D eigenvalue weighted by Gasteiger charge is -2.33. The Morgan fingerprint density at radius 2 is 1.57 bits per heavy atom. The molecule has 0 unspecified atom stereocenters. The van der Waals surface area contributed by atoms with E-state index < -0.39 is 45.9 Å². The van der Waals surface area contributed by atoms with Crippen LogP contribution in [0.4, 0.5) is 18.9 Å². The minimum absolute atomic E-state index is 0.0244. The molecule has 0 aliphatic heterocycles. The second kappa shape index (κ2) is 14.5. The van der Waals surface area contributed by atoms with Gasteiger partial charge in [0, 0.05) is 12.6 Å². The molecule has 3 aromatic carbocycles. The summed E-state index contributed by atoms with van der Waals surface area (Å²) in [7, 11) is -4.57. The number of halogens is 4. The molecular formula is C32H35ClF3N3O4S. The summed E-state index contributed by atoms with van der Waals surface area (Å²) < 4.78 is 69.4. The lowest BCUT2D eigenvalue weighted by atomic mass is 9.95. The van der Waals surface area contributed by atoms with Gasteiger partial charge < -0.3 is 10.2 Å². The Labute approximate surface area is 261 Å². The largest absolute Gasteiger partial charge is 0.416 e. The van der Waals surface area contributed by atoms with Crippen molar-refractivity contribution >= 4 is 39.1 Å². The summed E-state index contributed by atoms with van der Waals surface area (Å²) in [6.45, 7) is 0.750. The van der Waals surface area contributed by atoms with Gasteiger partial charge in [-0.15, -0.1) is 0 Å².